The standard InChI is InChI=1S/C27H31NO5/c1-20(2)14-15-32-27-13-10-24(23-8-4-21(17-29)5-9-23)16-26(27)28(19-30)33-18-22-6-11-25(31-3)12-7-22/h4-13,16,19-20,29H,14-15,17-18H2,1-3H3. The highest BCUT2D eigenvalue weighted by Crippen LogP contribution is 2.34. The minimum absolute atomic E-state index is 0.00766. The van der Waals surface area contributed by atoms with Crippen LogP contribution in [0.5, 0.6) is 11.5 Å². The Labute approximate surface area is 195 Å². The second kappa shape index (κ2) is 12.0. The largest absolute Gasteiger partial charge is 0.497 e. The molecule has 0 unspecified atom stereocenters. The van der Waals surface area contributed by atoms with E-state index in [0.29, 0.717) is 30.4 Å². The van der Waals surface area contributed by atoms with Crippen molar-refractivity contribution in [2.45, 2.75) is 33.5 Å². The fourth-order valence-electron chi connectivity index (χ4n) is 3.22. The van der Waals surface area contributed by atoms with Gasteiger partial charge in [0.25, 0.3) is 0 Å². The zero-order valence-electron chi connectivity index (χ0n) is 19.4. The van der Waals surface area contributed by atoms with Gasteiger partial charge in [-0.2, -0.15) is 5.06 Å². The van der Waals surface area contributed by atoms with Gasteiger partial charge in [0.15, 0.2) is 0 Å². The Morgan fingerprint density at radius 3 is 2.21 bits per heavy atom. The molecule has 0 aromatic heterocycles. The van der Waals surface area contributed by atoms with Crippen molar-refractivity contribution < 1.29 is 24.2 Å². The van der Waals surface area contributed by atoms with E-state index in [1.165, 1.54) is 5.06 Å². The van der Waals surface area contributed by atoms with Crippen LogP contribution in [0, 0.1) is 5.92 Å². The van der Waals surface area contributed by atoms with Gasteiger partial charge in [0.1, 0.15) is 23.8 Å². The summed E-state index contributed by atoms with van der Waals surface area (Å²) < 4.78 is 11.2. The molecule has 3 aromatic rings. The minimum Gasteiger partial charge on any atom is -0.497 e. The van der Waals surface area contributed by atoms with Crippen LogP contribution in [-0.4, -0.2) is 25.2 Å². The molecule has 6 nitrogen and oxygen atoms in total. The van der Waals surface area contributed by atoms with E-state index in [2.05, 4.69) is 13.8 Å². The summed E-state index contributed by atoms with van der Waals surface area (Å²) in [7, 11) is 1.62. The van der Waals surface area contributed by atoms with Crippen molar-refractivity contribution in [3.05, 3.63) is 77.9 Å². The van der Waals surface area contributed by atoms with E-state index in [-0.39, 0.29) is 13.2 Å². The Bertz CT molecular complexity index is 1020. The van der Waals surface area contributed by atoms with Gasteiger partial charge in [-0.1, -0.05) is 56.3 Å². The van der Waals surface area contributed by atoms with Crippen molar-refractivity contribution in [2.75, 3.05) is 18.8 Å². The lowest BCUT2D eigenvalue weighted by Crippen LogP contribution is -2.22. The number of ether oxygens (including phenoxy) is 2. The molecule has 0 saturated carbocycles. The molecule has 1 N–H and O–H groups in total. The SMILES string of the molecule is COc1ccc(CON(C=O)c2cc(-c3ccc(CO)cc3)ccc2OCCC(C)C)cc1. The molecule has 6 heteroatoms. The summed E-state index contributed by atoms with van der Waals surface area (Å²) in [4.78, 5) is 17.8. The molecule has 0 atom stereocenters. The highest BCUT2D eigenvalue weighted by atomic mass is 16.7. The third-order valence-corrected chi connectivity index (χ3v) is 5.24. The summed E-state index contributed by atoms with van der Waals surface area (Å²) >= 11 is 0. The van der Waals surface area contributed by atoms with Crippen LogP contribution in [0.25, 0.3) is 11.1 Å². The number of carbonyl (C=O) groups is 1. The molecule has 0 bridgehead atoms. The zero-order chi connectivity index (χ0) is 23.6. The molecule has 174 valence electrons. The molecular weight excluding hydrogens is 418 g/mol. The number of nitrogens with zero attached hydrogens (tertiary/aromatic N) is 1. The molecule has 1 amide bonds. The second-order valence-corrected chi connectivity index (χ2v) is 8.12. The molecule has 3 rings (SSSR count). The summed E-state index contributed by atoms with van der Waals surface area (Å²) in [6, 6.07) is 20.8. The average Bonchev–Trinajstić information content (AvgIpc) is 2.85. The first-order valence-corrected chi connectivity index (χ1v) is 11.0. The Hall–Kier alpha value is -3.35. The molecule has 3 aromatic carbocycles. The summed E-state index contributed by atoms with van der Waals surface area (Å²) in [6.07, 6.45) is 1.55. The van der Waals surface area contributed by atoms with E-state index < -0.39 is 0 Å². The first-order valence-electron chi connectivity index (χ1n) is 11.0. The lowest BCUT2D eigenvalue weighted by atomic mass is 10.0. The van der Waals surface area contributed by atoms with Crippen LogP contribution in [-0.2, 0) is 22.8 Å². The molecule has 0 heterocycles. The molecule has 0 aliphatic carbocycles. The first kappa shape index (κ1) is 24.3. The first-order chi connectivity index (χ1) is 16.0. The van der Waals surface area contributed by atoms with Gasteiger partial charge in [0, 0.05) is 0 Å². The van der Waals surface area contributed by atoms with E-state index in [0.717, 1.165) is 34.4 Å². The van der Waals surface area contributed by atoms with Crippen LogP contribution in [0.3, 0.4) is 0 Å². The van der Waals surface area contributed by atoms with Crippen molar-refractivity contribution >= 4 is 12.1 Å². The third-order valence-electron chi connectivity index (χ3n) is 5.24. The molecule has 0 radical (unpaired) electrons. The number of rotatable bonds is 12. The van der Waals surface area contributed by atoms with Crippen molar-refractivity contribution in [2.24, 2.45) is 5.92 Å². The van der Waals surface area contributed by atoms with Gasteiger partial charge in [0.2, 0.25) is 6.41 Å². The molecule has 0 fully saturated rings. The molecule has 33 heavy (non-hydrogen) atoms. The molecule has 0 aliphatic heterocycles. The fraction of sp³-hybridized carbons (Fsp3) is 0.296. The Morgan fingerprint density at radius 1 is 0.939 bits per heavy atom. The summed E-state index contributed by atoms with van der Waals surface area (Å²) in [5.41, 5.74) is 4.14. The maximum Gasteiger partial charge on any atom is 0.238 e. The maximum atomic E-state index is 12.0. The molecule has 0 aliphatic rings. The number of amides is 1. The molecule has 0 saturated heterocycles. The van der Waals surface area contributed by atoms with Crippen LogP contribution in [0.2, 0.25) is 0 Å². The number of hydrogen-bond donors (Lipinski definition) is 1. The molecular formula is C27H31NO5. The Kier molecular flexibility index (Phi) is 8.87. The van der Waals surface area contributed by atoms with Gasteiger partial charge in [-0.25, -0.2) is 0 Å². The predicted octanol–water partition coefficient (Wildman–Crippen LogP) is 5.37. The maximum absolute atomic E-state index is 12.0. The van der Waals surface area contributed by atoms with Gasteiger partial charge in [-0.3, -0.25) is 9.63 Å². The van der Waals surface area contributed by atoms with Crippen LogP contribution in [0.4, 0.5) is 5.69 Å². The number of methoxy groups -OCH3 is 1. The average molecular weight is 450 g/mol. The van der Waals surface area contributed by atoms with Crippen molar-refractivity contribution in [1.29, 1.82) is 0 Å². The minimum atomic E-state index is -0.00766. The van der Waals surface area contributed by atoms with Gasteiger partial charge in [-0.15, -0.1) is 0 Å². The lowest BCUT2D eigenvalue weighted by molar-refractivity contribution is -0.114. The van der Waals surface area contributed by atoms with Crippen LogP contribution >= 0.6 is 0 Å². The van der Waals surface area contributed by atoms with Crippen molar-refractivity contribution in [3.63, 3.8) is 0 Å². The normalized spacial score (nSPS) is 10.8. The van der Waals surface area contributed by atoms with E-state index in [1.807, 2.05) is 66.7 Å². The third kappa shape index (κ3) is 6.81. The van der Waals surface area contributed by atoms with Gasteiger partial charge >= 0.3 is 0 Å². The Morgan fingerprint density at radius 2 is 1.61 bits per heavy atom. The van der Waals surface area contributed by atoms with Crippen LogP contribution in [0.1, 0.15) is 31.4 Å². The van der Waals surface area contributed by atoms with Gasteiger partial charge < -0.3 is 14.6 Å². The van der Waals surface area contributed by atoms with Crippen molar-refractivity contribution in [1.82, 2.24) is 0 Å². The topological polar surface area (TPSA) is 68.2 Å². The highest BCUT2D eigenvalue weighted by Gasteiger charge is 2.16. The number of anilines is 1. The Balaban J connectivity index is 1.86. The van der Waals surface area contributed by atoms with E-state index in [1.54, 1.807) is 7.11 Å². The fourth-order valence-corrected chi connectivity index (χ4v) is 3.22. The number of aliphatic hydroxyl groups excluding tert-OH is 1. The number of benzene rings is 3. The van der Waals surface area contributed by atoms with Gasteiger partial charge in [0.05, 0.1) is 20.3 Å². The number of hydrogen-bond acceptors (Lipinski definition) is 5. The summed E-state index contributed by atoms with van der Waals surface area (Å²) in [5.74, 6) is 1.84. The smallest absolute Gasteiger partial charge is 0.238 e. The second-order valence-electron chi connectivity index (χ2n) is 8.12. The number of carbonyl (C=O) groups excluding carboxylic acids is 1. The van der Waals surface area contributed by atoms with E-state index >= 15 is 0 Å². The quantitative estimate of drug-likeness (QED) is 0.297. The lowest BCUT2D eigenvalue weighted by Gasteiger charge is -2.21. The van der Waals surface area contributed by atoms with E-state index in [9.17, 15) is 9.90 Å². The number of hydroxylamine groups is 1. The number of aliphatic hydroxyl groups is 1. The van der Waals surface area contributed by atoms with Crippen LogP contribution in [0.15, 0.2) is 66.7 Å². The van der Waals surface area contributed by atoms with Gasteiger partial charge in [-0.05, 0) is 58.9 Å². The zero-order valence-corrected chi connectivity index (χ0v) is 19.4. The summed E-state index contributed by atoms with van der Waals surface area (Å²) in [6.45, 7) is 5.02. The molecule has 0 spiro atoms. The van der Waals surface area contributed by atoms with Crippen molar-refractivity contribution in [3.8, 4) is 22.6 Å². The summed E-state index contributed by atoms with van der Waals surface area (Å²) in [5, 5.41) is 10.5. The predicted molar refractivity (Wildman–Crippen MR) is 129 cm³/mol. The highest BCUT2D eigenvalue weighted by molar-refractivity contribution is 5.80. The van der Waals surface area contributed by atoms with Crippen LogP contribution < -0.4 is 14.5 Å². The monoisotopic (exact) mass is 449 g/mol. The van der Waals surface area contributed by atoms with E-state index in [4.69, 9.17) is 14.3 Å².